The van der Waals surface area contributed by atoms with Gasteiger partial charge in [0.1, 0.15) is 6.04 Å². The zero-order valence-corrected chi connectivity index (χ0v) is 11.0. The lowest BCUT2D eigenvalue weighted by Crippen LogP contribution is -2.30. The van der Waals surface area contributed by atoms with Crippen molar-refractivity contribution in [1.82, 2.24) is 5.32 Å². The SMILES string of the molecule is CCOC(=O)C(C)Nc1cccc2c1CCNC2. The largest absolute Gasteiger partial charge is 0.464 e. The van der Waals surface area contributed by atoms with Crippen molar-refractivity contribution in [1.29, 1.82) is 0 Å². The summed E-state index contributed by atoms with van der Waals surface area (Å²) in [6.45, 7) is 5.96. The van der Waals surface area contributed by atoms with E-state index in [1.807, 2.05) is 26.0 Å². The molecule has 0 aliphatic carbocycles. The second-order valence-electron chi connectivity index (χ2n) is 4.49. The number of esters is 1. The molecule has 0 aromatic heterocycles. The second-order valence-corrected chi connectivity index (χ2v) is 4.49. The van der Waals surface area contributed by atoms with Crippen molar-refractivity contribution in [3.05, 3.63) is 29.3 Å². The lowest BCUT2D eigenvalue weighted by Gasteiger charge is -2.22. The summed E-state index contributed by atoms with van der Waals surface area (Å²) in [4.78, 5) is 11.6. The molecule has 0 saturated heterocycles. The minimum Gasteiger partial charge on any atom is -0.464 e. The average molecular weight is 248 g/mol. The van der Waals surface area contributed by atoms with E-state index < -0.39 is 0 Å². The number of carbonyl (C=O) groups excluding carboxylic acids is 1. The predicted octanol–water partition coefficient (Wildman–Crippen LogP) is 1.70. The zero-order chi connectivity index (χ0) is 13.0. The third-order valence-corrected chi connectivity index (χ3v) is 3.15. The van der Waals surface area contributed by atoms with E-state index in [0.29, 0.717) is 6.61 Å². The van der Waals surface area contributed by atoms with E-state index in [1.165, 1.54) is 11.1 Å². The molecule has 0 bridgehead atoms. The molecular weight excluding hydrogens is 228 g/mol. The lowest BCUT2D eigenvalue weighted by molar-refractivity contribution is -0.143. The van der Waals surface area contributed by atoms with Crippen LogP contribution in [0.15, 0.2) is 18.2 Å². The minimum absolute atomic E-state index is 0.205. The highest BCUT2D eigenvalue weighted by molar-refractivity contribution is 5.79. The standard InChI is InChI=1S/C14H20N2O2/c1-3-18-14(17)10(2)16-13-6-4-5-11-9-15-8-7-12(11)13/h4-6,10,15-16H,3,7-9H2,1-2H3. The van der Waals surface area contributed by atoms with E-state index in [2.05, 4.69) is 16.7 Å². The third-order valence-electron chi connectivity index (χ3n) is 3.15. The van der Waals surface area contributed by atoms with Crippen LogP contribution in [0.2, 0.25) is 0 Å². The van der Waals surface area contributed by atoms with Crippen molar-refractivity contribution in [2.45, 2.75) is 32.9 Å². The highest BCUT2D eigenvalue weighted by atomic mass is 16.5. The van der Waals surface area contributed by atoms with Gasteiger partial charge in [-0.25, -0.2) is 4.79 Å². The number of ether oxygens (including phenoxy) is 1. The van der Waals surface area contributed by atoms with Crippen LogP contribution in [0.25, 0.3) is 0 Å². The van der Waals surface area contributed by atoms with E-state index in [9.17, 15) is 4.79 Å². The zero-order valence-electron chi connectivity index (χ0n) is 11.0. The van der Waals surface area contributed by atoms with Gasteiger partial charge in [0, 0.05) is 12.2 Å². The maximum Gasteiger partial charge on any atom is 0.328 e. The molecule has 4 heteroatoms. The molecule has 1 unspecified atom stereocenters. The summed E-state index contributed by atoms with van der Waals surface area (Å²) in [6, 6.07) is 5.86. The Morgan fingerprint density at radius 2 is 2.39 bits per heavy atom. The van der Waals surface area contributed by atoms with Gasteiger partial charge >= 0.3 is 5.97 Å². The first kappa shape index (κ1) is 12.9. The summed E-state index contributed by atoms with van der Waals surface area (Å²) in [5.41, 5.74) is 3.67. The summed E-state index contributed by atoms with van der Waals surface area (Å²) in [5.74, 6) is -0.205. The first-order valence-corrected chi connectivity index (χ1v) is 6.47. The highest BCUT2D eigenvalue weighted by Crippen LogP contribution is 2.23. The Kier molecular flexibility index (Phi) is 4.20. The van der Waals surface area contributed by atoms with Crippen LogP contribution in [0.1, 0.15) is 25.0 Å². The predicted molar refractivity (Wildman–Crippen MR) is 71.6 cm³/mol. The van der Waals surface area contributed by atoms with Gasteiger partial charge in [-0.2, -0.15) is 0 Å². The van der Waals surface area contributed by atoms with Gasteiger partial charge in [0.2, 0.25) is 0 Å². The molecule has 0 radical (unpaired) electrons. The first-order chi connectivity index (χ1) is 8.72. The first-order valence-electron chi connectivity index (χ1n) is 6.47. The monoisotopic (exact) mass is 248 g/mol. The fourth-order valence-electron chi connectivity index (χ4n) is 2.23. The van der Waals surface area contributed by atoms with Crippen molar-refractivity contribution in [2.24, 2.45) is 0 Å². The fourth-order valence-corrected chi connectivity index (χ4v) is 2.23. The van der Waals surface area contributed by atoms with Crippen LogP contribution in [0.3, 0.4) is 0 Å². The molecule has 1 aromatic carbocycles. The number of rotatable bonds is 4. The smallest absolute Gasteiger partial charge is 0.328 e. The fraction of sp³-hybridized carbons (Fsp3) is 0.500. The van der Waals surface area contributed by atoms with E-state index in [4.69, 9.17) is 4.74 Å². The maximum absolute atomic E-state index is 11.6. The van der Waals surface area contributed by atoms with Crippen molar-refractivity contribution in [3.8, 4) is 0 Å². The summed E-state index contributed by atoms with van der Waals surface area (Å²) in [5, 5.41) is 6.60. The number of fused-ring (bicyclic) bond motifs is 1. The molecule has 0 spiro atoms. The molecule has 1 aliphatic heterocycles. The lowest BCUT2D eigenvalue weighted by atomic mass is 9.99. The second kappa shape index (κ2) is 5.87. The van der Waals surface area contributed by atoms with Crippen LogP contribution >= 0.6 is 0 Å². The van der Waals surface area contributed by atoms with Gasteiger partial charge in [0.25, 0.3) is 0 Å². The summed E-state index contributed by atoms with van der Waals surface area (Å²) in [6.07, 6.45) is 0.994. The van der Waals surface area contributed by atoms with Gasteiger partial charge in [-0.3, -0.25) is 0 Å². The number of hydrogen-bond acceptors (Lipinski definition) is 4. The Bertz CT molecular complexity index is 432. The minimum atomic E-state index is -0.314. The third kappa shape index (κ3) is 2.82. The Balaban J connectivity index is 2.11. The van der Waals surface area contributed by atoms with Gasteiger partial charge in [-0.1, -0.05) is 12.1 Å². The van der Waals surface area contributed by atoms with Crippen LogP contribution in [-0.2, 0) is 22.5 Å². The van der Waals surface area contributed by atoms with Crippen LogP contribution in [0, 0.1) is 0 Å². The normalized spacial score (nSPS) is 15.7. The Hall–Kier alpha value is -1.55. The van der Waals surface area contributed by atoms with Crippen LogP contribution < -0.4 is 10.6 Å². The van der Waals surface area contributed by atoms with Gasteiger partial charge in [-0.05, 0) is 44.0 Å². The van der Waals surface area contributed by atoms with E-state index in [0.717, 1.165) is 25.2 Å². The van der Waals surface area contributed by atoms with Crippen molar-refractivity contribution >= 4 is 11.7 Å². The molecule has 18 heavy (non-hydrogen) atoms. The van der Waals surface area contributed by atoms with Gasteiger partial charge < -0.3 is 15.4 Å². The molecule has 1 aromatic rings. The van der Waals surface area contributed by atoms with Crippen LogP contribution in [0.4, 0.5) is 5.69 Å². The quantitative estimate of drug-likeness (QED) is 0.796. The van der Waals surface area contributed by atoms with Gasteiger partial charge in [-0.15, -0.1) is 0 Å². The highest BCUT2D eigenvalue weighted by Gasteiger charge is 2.17. The number of benzene rings is 1. The molecule has 1 heterocycles. The molecule has 0 saturated carbocycles. The van der Waals surface area contributed by atoms with Crippen molar-refractivity contribution < 1.29 is 9.53 Å². The number of hydrogen-bond donors (Lipinski definition) is 2. The van der Waals surface area contributed by atoms with E-state index in [-0.39, 0.29) is 12.0 Å². The van der Waals surface area contributed by atoms with E-state index in [1.54, 1.807) is 0 Å². The molecule has 0 fully saturated rings. The summed E-state index contributed by atoms with van der Waals surface area (Å²) < 4.78 is 5.01. The molecule has 98 valence electrons. The molecule has 2 rings (SSSR count). The van der Waals surface area contributed by atoms with Crippen LogP contribution in [-0.4, -0.2) is 25.2 Å². The number of anilines is 1. The van der Waals surface area contributed by atoms with Crippen molar-refractivity contribution in [3.63, 3.8) is 0 Å². The molecular formula is C14H20N2O2. The van der Waals surface area contributed by atoms with Crippen molar-refractivity contribution in [2.75, 3.05) is 18.5 Å². The number of carbonyl (C=O) groups is 1. The van der Waals surface area contributed by atoms with Gasteiger partial charge in [0.15, 0.2) is 0 Å². The Labute approximate surface area is 108 Å². The molecule has 4 nitrogen and oxygen atoms in total. The molecule has 1 aliphatic rings. The van der Waals surface area contributed by atoms with E-state index >= 15 is 0 Å². The Morgan fingerprint density at radius 1 is 1.56 bits per heavy atom. The maximum atomic E-state index is 11.6. The molecule has 2 N–H and O–H groups in total. The topological polar surface area (TPSA) is 50.4 Å². The summed E-state index contributed by atoms with van der Waals surface area (Å²) >= 11 is 0. The van der Waals surface area contributed by atoms with Crippen LogP contribution in [0.5, 0.6) is 0 Å². The molecule has 0 amide bonds. The molecule has 1 atom stereocenters. The average Bonchev–Trinajstić information content (AvgIpc) is 2.39. The van der Waals surface area contributed by atoms with Gasteiger partial charge in [0.05, 0.1) is 6.61 Å². The summed E-state index contributed by atoms with van der Waals surface area (Å²) in [7, 11) is 0. The Morgan fingerprint density at radius 3 is 3.17 bits per heavy atom. The number of nitrogens with one attached hydrogen (secondary N) is 2.